The quantitative estimate of drug-likeness (QED) is 0.904. The van der Waals surface area contributed by atoms with Gasteiger partial charge in [-0.05, 0) is 50.7 Å². The fourth-order valence-electron chi connectivity index (χ4n) is 3.74. The Kier molecular flexibility index (Phi) is 4.17. The Hall–Kier alpha value is -2.04. The minimum Gasteiger partial charge on any atom is -0.490 e. The largest absolute Gasteiger partial charge is 0.490 e. The van der Waals surface area contributed by atoms with Crippen molar-refractivity contribution in [2.45, 2.75) is 57.1 Å². The van der Waals surface area contributed by atoms with Crippen LogP contribution in [0, 0.1) is 5.92 Å². The molecule has 1 atom stereocenters. The number of nitrogens with zero attached hydrogens (tertiary/aromatic N) is 1. The molecule has 3 fully saturated rings. The average molecular weight is 328 g/mol. The first-order valence-electron chi connectivity index (χ1n) is 9.06. The maximum absolute atomic E-state index is 12.5. The molecule has 0 spiro atoms. The van der Waals surface area contributed by atoms with Gasteiger partial charge in [0.25, 0.3) is 0 Å². The van der Waals surface area contributed by atoms with Crippen LogP contribution in [0.15, 0.2) is 24.3 Å². The first kappa shape index (κ1) is 15.5. The van der Waals surface area contributed by atoms with Crippen molar-refractivity contribution < 1.29 is 14.3 Å². The van der Waals surface area contributed by atoms with Gasteiger partial charge in [0.1, 0.15) is 5.75 Å². The summed E-state index contributed by atoms with van der Waals surface area (Å²) in [5.41, 5.74) is 0.743. The Labute approximate surface area is 142 Å². The lowest BCUT2D eigenvalue weighted by molar-refractivity contribution is -0.128. The third-order valence-corrected chi connectivity index (χ3v) is 5.22. The summed E-state index contributed by atoms with van der Waals surface area (Å²) >= 11 is 0. The minimum atomic E-state index is -0.238. The molecule has 3 aliphatic rings. The number of benzene rings is 1. The summed E-state index contributed by atoms with van der Waals surface area (Å²) in [6.45, 7) is 0.563. The molecule has 0 unspecified atom stereocenters. The Morgan fingerprint density at radius 3 is 2.71 bits per heavy atom. The van der Waals surface area contributed by atoms with Crippen LogP contribution in [-0.2, 0) is 9.59 Å². The minimum absolute atomic E-state index is 0.0653. The van der Waals surface area contributed by atoms with Gasteiger partial charge in [-0.15, -0.1) is 0 Å². The summed E-state index contributed by atoms with van der Waals surface area (Å²) in [6, 6.07) is 7.97. The number of carbonyl (C=O) groups excluding carboxylic acids is 2. The number of carbonyl (C=O) groups is 2. The van der Waals surface area contributed by atoms with Crippen LogP contribution in [-0.4, -0.2) is 35.4 Å². The van der Waals surface area contributed by atoms with Gasteiger partial charge in [0.15, 0.2) is 0 Å². The molecule has 5 nitrogen and oxygen atoms in total. The molecule has 4 rings (SSSR count). The average Bonchev–Trinajstić information content (AvgIpc) is 3.13. The molecule has 5 heteroatoms. The summed E-state index contributed by atoms with van der Waals surface area (Å²) in [7, 11) is 0. The molecule has 2 saturated carbocycles. The highest BCUT2D eigenvalue weighted by Crippen LogP contribution is 2.33. The maximum Gasteiger partial charge on any atom is 0.229 e. The van der Waals surface area contributed by atoms with Crippen LogP contribution in [0.3, 0.4) is 0 Å². The maximum atomic E-state index is 12.5. The van der Waals surface area contributed by atoms with E-state index in [1.54, 1.807) is 0 Å². The molecule has 1 aliphatic heterocycles. The number of hydrogen-bond donors (Lipinski definition) is 1. The number of hydrogen-bond acceptors (Lipinski definition) is 3. The predicted octanol–water partition coefficient (Wildman–Crippen LogP) is 2.96. The van der Waals surface area contributed by atoms with Crippen molar-refractivity contribution in [3.63, 3.8) is 0 Å². The Balaban J connectivity index is 1.36. The van der Waals surface area contributed by atoms with Crippen LogP contribution in [0.5, 0.6) is 5.75 Å². The molecule has 0 aromatic heterocycles. The van der Waals surface area contributed by atoms with Crippen LogP contribution in [0.25, 0.3) is 0 Å². The van der Waals surface area contributed by atoms with Crippen LogP contribution < -0.4 is 10.1 Å². The number of rotatable bonds is 5. The van der Waals surface area contributed by atoms with Crippen molar-refractivity contribution >= 4 is 17.5 Å². The smallest absolute Gasteiger partial charge is 0.229 e. The zero-order valence-electron chi connectivity index (χ0n) is 13.9. The normalized spacial score (nSPS) is 24.4. The zero-order valence-corrected chi connectivity index (χ0v) is 13.9. The van der Waals surface area contributed by atoms with Gasteiger partial charge in [-0.3, -0.25) is 9.59 Å². The molecule has 128 valence electrons. The Bertz CT molecular complexity index is 635. The van der Waals surface area contributed by atoms with Crippen molar-refractivity contribution in [1.29, 1.82) is 0 Å². The van der Waals surface area contributed by atoms with E-state index in [1.807, 2.05) is 29.2 Å². The van der Waals surface area contributed by atoms with Crippen LogP contribution in [0.2, 0.25) is 0 Å². The van der Waals surface area contributed by atoms with Gasteiger partial charge in [-0.2, -0.15) is 0 Å². The van der Waals surface area contributed by atoms with E-state index in [9.17, 15) is 9.59 Å². The second kappa shape index (κ2) is 6.46. The third-order valence-electron chi connectivity index (χ3n) is 5.22. The van der Waals surface area contributed by atoms with Gasteiger partial charge in [0, 0.05) is 30.8 Å². The molecule has 24 heavy (non-hydrogen) atoms. The van der Waals surface area contributed by atoms with E-state index in [-0.39, 0.29) is 17.7 Å². The SMILES string of the molecule is O=C(Nc1cccc(OC2CCCC2)c1)[C@@H]1CC(=O)N(C2CC2)C1. The lowest BCUT2D eigenvalue weighted by Gasteiger charge is -2.16. The molecule has 2 aliphatic carbocycles. The van der Waals surface area contributed by atoms with Crippen LogP contribution in [0.4, 0.5) is 5.69 Å². The van der Waals surface area contributed by atoms with E-state index in [2.05, 4.69) is 5.32 Å². The molecule has 1 aromatic carbocycles. The first-order chi connectivity index (χ1) is 11.7. The highest BCUT2D eigenvalue weighted by Gasteiger charge is 2.41. The second-order valence-corrected chi connectivity index (χ2v) is 7.22. The molecule has 1 N–H and O–H groups in total. The number of ether oxygens (including phenoxy) is 1. The summed E-state index contributed by atoms with van der Waals surface area (Å²) < 4.78 is 5.98. The topological polar surface area (TPSA) is 58.6 Å². The highest BCUT2D eigenvalue weighted by molar-refractivity contribution is 5.97. The molecule has 0 radical (unpaired) electrons. The van der Waals surface area contributed by atoms with Crippen molar-refractivity contribution in [1.82, 2.24) is 4.90 Å². The number of amides is 2. The van der Waals surface area contributed by atoms with Crippen LogP contribution in [0.1, 0.15) is 44.9 Å². The highest BCUT2D eigenvalue weighted by atomic mass is 16.5. The fourth-order valence-corrected chi connectivity index (χ4v) is 3.74. The van der Waals surface area contributed by atoms with Gasteiger partial charge < -0.3 is 15.0 Å². The first-order valence-corrected chi connectivity index (χ1v) is 9.06. The monoisotopic (exact) mass is 328 g/mol. The zero-order chi connectivity index (χ0) is 16.5. The van der Waals surface area contributed by atoms with Gasteiger partial charge in [-0.25, -0.2) is 0 Å². The van der Waals surface area contributed by atoms with Crippen molar-refractivity contribution in [2.75, 3.05) is 11.9 Å². The fraction of sp³-hybridized carbons (Fsp3) is 0.579. The Morgan fingerprint density at radius 1 is 1.17 bits per heavy atom. The molecular weight excluding hydrogens is 304 g/mol. The Morgan fingerprint density at radius 2 is 1.96 bits per heavy atom. The van der Waals surface area contributed by atoms with Gasteiger partial charge in [-0.1, -0.05) is 6.07 Å². The van der Waals surface area contributed by atoms with Crippen LogP contribution >= 0.6 is 0 Å². The summed E-state index contributed by atoms with van der Waals surface area (Å²) in [5, 5.41) is 2.95. The molecule has 0 bridgehead atoms. The van der Waals surface area contributed by atoms with E-state index < -0.39 is 0 Å². The van der Waals surface area contributed by atoms with E-state index in [0.717, 1.165) is 37.1 Å². The summed E-state index contributed by atoms with van der Waals surface area (Å²) in [6.07, 6.45) is 7.48. The van der Waals surface area contributed by atoms with Gasteiger partial charge >= 0.3 is 0 Å². The van der Waals surface area contributed by atoms with Crippen molar-refractivity contribution in [2.24, 2.45) is 5.92 Å². The van der Waals surface area contributed by atoms with E-state index in [1.165, 1.54) is 12.8 Å². The lowest BCUT2D eigenvalue weighted by Crippen LogP contribution is -2.29. The molecule has 2 amide bonds. The number of likely N-dealkylation sites (tertiary alicyclic amines) is 1. The predicted molar refractivity (Wildman–Crippen MR) is 90.8 cm³/mol. The summed E-state index contributed by atoms with van der Waals surface area (Å²) in [5.74, 6) is 0.625. The third kappa shape index (κ3) is 3.40. The van der Waals surface area contributed by atoms with Crippen molar-refractivity contribution in [3.8, 4) is 5.75 Å². The summed E-state index contributed by atoms with van der Waals surface area (Å²) in [4.78, 5) is 26.3. The molecule has 1 aromatic rings. The molecular formula is C19H24N2O3. The second-order valence-electron chi connectivity index (χ2n) is 7.22. The molecule has 1 saturated heterocycles. The lowest BCUT2D eigenvalue weighted by atomic mass is 10.1. The van der Waals surface area contributed by atoms with E-state index in [4.69, 9.17) is 4.74 Å². The number of nitrogens with one attached hydrogen (secondary N) is 1. The number of anilines is 1. The van der Waals surface area contributed by atoms with Crippen molar-refractivity contribution in [3.05, 3.63) is 24.3 Å². The van der Waals surface area contributed by atoms with E-state index >= 15 is 0 Å². The van der Waals surface area contributed by atoms with Gasteiger partial charge in [0.2, 0.25) is 11.8 Å². The van der Waals surface area contributed by atoms with E-state index in [0.29, 0.717) is 25.1 Å². The molecule has 1 heterocycles. The van der Waals surface area contributed by atoms with Gasteiger partial charge in [0.05, 0.1) is 12.0 Å². The standard InChI is InChI=1S/C19H24N2O3/c22-18-10-13(12-21(18)15-8-9-15)19(23)20-14-4-3-7-17(11-14)24-16-5-1-2-6-16/h3-4,7,11,13,15-16H,1-2,5-6,8-10,12H2,(H,20,23)/t13-/m1/s1.